The molecule has 0 aliphatic rings. The number of hydrogen-bond donors (Lipinski definition) is 3. The Balaban J connectivity index is 2.85. The SMILES string of the molecule is CC(C(=O)O)C(C)C(=O)Nc1ccccc1CC(N)=O. The highest BCUT2D eigenvalue weighted by Gasteiger charge is 2.26. The van der Waals surface area contributed by atoms with Gasteiger partial charge in [-0.05, 0) is 11.6 Å². The van der Waals surface area contributed by atoms with Gasteiger partial charge in [-0.25, -0.2) is 0 Å². The first-order valence-electron chi connectivity index (χ1n) is 6.22. The zero-order chi connectivity index (χ0) is 15.3. The predicted octanol–water partition coefficient (Wildman–Crippen LogP) is 1.01. The van der Waals surface area contributed by atoms with Gasteiger partial charge in [-0.3, -0.25) is 14.4 Å². The molecule has 4 N–H and O–H groups in total. The van der Waals surface area contributed by atoms with Crippen LogP contribution in [0.3, 0.4) is 0 Å². The molecular weight excluding hydrogens is 260 g/mol. The van der Waals surface area contributed by atoms with Crippen LogP contribution in [-0.4, -0.2) is 22.9 Å². The van der Waals surface area contributed by atoms with Gasteiger partial charge in [-0.1, -0.05) is 32.0 Å². The van der Waals surface area contributed by atoms with Crippen molar-refractivity contribution >= 4 is 23.5 Å². The number of amides is 2. The van der Waals surface area contributed by atoms with Crippen LogP contribution in [0.2, 0.25) is 0 Å². The first kappa shape index (κ1) is 15.7. The summed E-state index contributed by atoms with van der Waals surface area (Å²) in [5.74, 6) is -3.42. The Morgan fingerprint density at radius 2 is 1.80 bits per heavy atom. The maximum atomic E-state index is 12.0. The maximum absolute atomic E-state index is 12.0. The number of benzene rings is 1. The Morgan fingerprint density at radius 1 is 1.20 bits per heavy atom. The van der Waals surface area contributed by atoms with Crippen molar-refractivity contribution in [1.29, 1.82) is 0 Å². The van der Waals surface area contributed by atoms with Crippen molar-refractivity contribution in [3.63, 3.8) is 0 Å². The predicted molar refractivity (Wildman–Crippen MR) is 73.9 cm³/mol. The highest BCUT2D eigenvalue weighted by Crippen LogP contribution is 2.19. The van der Waals surface area contributed by atoms with E-state index >= 15 is 0 Å². The van der Waals surface area contributed by atoms with Crippen molar-refractivity contribution in [1.82, 2.24) is 0 Å². The van der Waals surface area contributed by atoms with Gasteiger partial charge in [0.25, 0.3) is 0 Å². The molecule has 1 aromatic carbocycles. The molecule has 2 amide bonds. The number of para-hydroxylation sites is 1. The molecule has 108 valence electrons. The van der Waals surface area contributed by atoms with E-state index < -0.39 is 29.6 Å². The summed E-state index contributed by atoms with van der Waals surface area (Å²) in [6.45, 7) is 3.02. The van der Waals surface area contributed by atoms with Crippen LogP contribution in [0.4, 0.5) is 5.69 Å². The fourth-order valence-corrected chi connectivity index (χ4v) is 1.67. The smallest absolute Gasteiger partial charge is 0.307 e. The van der Waals surface area contributed by atoms with Crippen molar-refractivity contribution in [2.45, 2.75) is 20.3 Å². The highest BCUT2D eigenvalue weighted by atomic mass is 16.4. The second kappa shape index (κ2) is 6.70. The number of hydrogen-bond acceptors (Lipinski definition) is 3. The molecule has 0 spiro atoms. The van der Waals surface area contributed by atoms with Gasteiger partial charge in [0.15, 0.2) is 0 Å². The summed E-state index contributed by atoms with van der Waals surface area (Å²) >= 11 is 0. The Hall–Kier alpha value is -2.37. The molecule has 1 aromatic rings. The molecule has 6 nitrogen and oxygen atoms in total. The minimum absolute atomic E-state index is 0.0132. The number of carboxylic acid groups (broad SMARTS) is 1. The van der Waals surface area contributed by atoms with Crippen LogP contribution < -0.4 is 11.1 Å². The molecule has 20 heavy (non-hydrogen) atoms. The standard InChI is InChI=1S/C14H18N2O4/c1-8(9(2)14(19)20)13(18)16-11-6-4-3-5-10(11)7-12(15)17/h3-6,8-9H,7H2,1-2H3,(H2,15,17)(H,16,18)(H,19,20). The molecule has 2 atom stereocenters. The zero-order valence-electron chi connectivity index (χ0n) is 11.4. The molecule has 6 heteroatoms. The van der Waals surface area contributed by atoms with Crippen molar-refractivity contribution in [2.75, 3.05) is 5.32 Å². The molecule has 2 unspecified atom stereocenters. The van der Waals surface area contributed by atoms with Crippen molar-refractivity contribution in [3.05, 3.63) is 29.8 Å². The maximum Gasteiger partial charge on any atom is 0.307 e. The van der Waals surface area contributed by atoms with Crippen molar-refractivity contribution in [3.8, 4) is 0 Å². The van der Waals surface area contributed by atoms with Gasteiger partial charge < -0.3 is 16.2 Å². The number of rotatable bonds is 6. The number of aliphatic carboxylic acids is 1. The van der Waals surface area contributed by atoms with E-state index in [4.69, 9.17) is 10.8 Å². The second-order valence-electron chi connectivity index (χ2n) is 4.71. The summed E-state index contributed by atoms with van der Waals surface area (Å²) in [7, 11) is 0. The van der Waals surface area contributed by atoms with Crippen LogP contribution in [0.25, 0.3) is 0 Å². The van der Waals surface area contributed by atoms with Crippen molar-refractivity contribution in [2.24, 2.45) is 17.6 Å². The molecule has 0 aliphatic carbocycles. The van der Waals surface area contributed by atoms with Crippen LogP contribution in [0.5, 0.6) is 0 Å². The summed E-state index contributed by atoms with van der Waals surface area (Å²) in [5.41, 5.74) is 6.22. The molecule has 0 aromatic heterocycles. The van der Waals surface area contributed by atoms with Crippen LogP contribution in [0.1, 0.15) is 19.4 Å². The highest BCUT2D eigenvalue weighted by molar-refractivity contribution is 5.96. The van der Waals surface area contributed by atoms with Crippen LogP contribution in [0, 0.1) is 11.8 Å². The van der Waals surface area contributed by atoms with E-state index in [1.54, 1.807) is 31.2 Å². The van der Waals surface area contributed by atoms with Crippen molar-refractivity contribution < 1.29 is 19.5 Å². The molecule has 0 bridgehead atoms. The average Bonchev–Trinajstić information content (AvgIpc) is 2.38. The molecule has 0 saturated heterocycles. The summed E-state index contributed by atoms with van der Waals surface area (Å²) in [5, 5.41) is 11.5. The number of anilines is 1. The zero-order valence-corrected chi connectivity index (χ0v) is 11.4. The summed E-state index contributed by atoms with van der Waals surface area (Å²) in [6.07, 6.45) is 0.0132. The number of nitrogens with two attached hydrogens (primary N) is 1. The molecule has 1 rings (SSSR count). The van der Waals surface area contributed by atoms with Gasteiger partial charge in [0.1, 0.15) is 0 Å². The monoisotopic (exact) mass is 278 g/mol. The lowest BCUT2D eigenvalue weighted by atomic mass is 9.95. The van der Waals surface area contributed by atoms with Crippen LogP contribution >= 0.6 is 0 Å². The lowest BCUT2D eigenvalue weighted by molar-refractivity contribution is -0.145. The molecule has 0 aliphatic heterocycles. The largest absolute Gasteiger partial charge is 0.481 e. The Morgan fingerprint density at radius 3 is 2.35 bits per heavy atom. The van der Waals surface area contributed by atoms with E-state index in [-0.39, 0.29) is 6.42 Å². The fraction of sp³-hybridized carbons (Fsp3) is 0.357. The average molecular weight is 278 g/mol. The first-order valence-corrected chi connectivity index (χ1v) is 6.22. The summed E-state index contributed by atoms with van der Waals surface area (Å²) in [4.78, 5) is 33.8. The minimum Gasteiger partial charge on any atom is -0.481 e. The number of carbonyl (C=O) groups is 3. The van der Waals surface area contributed by atoms with Crippen LogP contribution in [-0.2, 0) is 20.8 Å². The first-order chi connectivity index (χ1) is 9.32. The number of carbonyl (C=O) groups excluding carboxylic acids is 2. The second-order valence-corrected chi connectivity index (χ2v) is 4.71. The Kier molecular flexibility index (Phi) is 5.25. The molecule has 0 heterocycles. The third-order valence-corrected chi connectivity index (χ3v) is 3.19. The van der Waals surface area contributed by atoms with Gasteiger partial charge in [0, 0.05) is 11.6 Å². The minimum atomic E-state index is -1.03. The fourth-order valence-electron chi connectivity index (χ4n) is 1.67. The number of carboxylic acids is 1. The van der Waals surface area contributed by atoms with Gasteiger partial charge in [0.2, 0.25) is 11.8 Å². The third kappa shape index (κ3) is 4.08. The quantitative estimate of drug-likeness (QED) is 0.721. The Labute approximate surface area is 117 Å². The third-order valence-electron chi connectivity index (χ3n) is 3.19. The lowest BCUT2D eigenvalue weighted by Gasteiger charge is -2.17. The molecule has 0 saturated carbocycles. The van der Waals surface area contributed by atoms with E-state index in [0.717, 1.165) is 0 Å². The van der Waals surface area contributed by atoms with Gasteiger partial charge in [0.05, 0.1) is 12.3 Å². The Bertz CT molecular complexity index is 528. The topological polar surface area (TPSA) is 109 Å². The molecule has 0 fully saturated rings. The number of nitrogens with one attached hydrogen (secondary N) is 1. The summed E-state index contributed by atoms with van der Waals surface area (Å²) < 4.78 is 0. The van der Waals surface area contributed by atoms with E-state index in [2.05, 4.69) is 5.32 Å². The van der Waals surface area contributed by atoms with E-state index in [1.807, 2.05) is 0 Å². The summed E-state index contributed by atoms with van der Waals surface area (Å²) in [6, 6.07) is 6.78. The van der Waals surface area contributed by atoms with E-state index in [9.17, 15) is 14.4 Å². The van der Waals surface area contributed by atoms with E-state index in [1.165, 1.54) is 6.92 Å². The molecular formula is C14H18N2O4. The lowest BCUT2D eigenvalue weighted by Crippen LogP contribution is -2.30. The van der Waals surface area contributed by atoms with E-state index in [0.29, 0.717) is 11.3 Å². The molecule has 0 radical (unpaired) electrons. The van der Waals surface area contributed by atoms with Gasteiger partial charge in [-0.15, -0.1) is 0 Å². The van der Waals surface area contributed by atoms with Gasteiger partial charge >= 0.3 is 5.97 Å². The normalized spacial score (nSPS) is 13.3. The van der Waals surface area contributed by atoms with Crippen LogP contribution in [0.15, 0.2) is 24.3 Å². The number of primary amides is 1. The van der Waals surface area contributed by atoms with Gasteiger partial charge in [-0.2, -0.15) is 0 Å².